The zero-order valence-electron chi connectivity index (χ0n) is 13.8. The number of carbonyl (C=O) groups is 1. The van der Waals surface area contributed by atoms with Crippen molar-refractivity contribution < 1.29 is 27.1 Å². The highest BCUT2D eigenvalue weighted by molar-refractivity contribution is 5.93. The maximum atomic E-state index is 12.1. The second kappa shape index (κ2) is 7.99. The Kier molecular flexibility index (Phi) is 5.50. The molecule has 3 aromatic rings. The number of halogens is 3. The fourth-order valence-corrected chi connectivity index (χ4v) is 2.16. The summed E-state index contributed by atoms with van der Waals surface area (Å²) in [7, 11) is 0. The molecule has 2 aromatic heterocycles. The average molecular weight is 381 g/mol. The lowest BCUT2D eigenvalue weighted by molar-refractivity contribution is -0.332. The first kappa shape index (κ1) is 18.6. The van der Waals surface area contributed by atoms with Crippen LogP contribution in [0.1, 0.15) is 22.3 Å². The first-order chi connectivity index (χ1) is 12.9. The smallest absolute Gasteiger partial charge is 0.423 e. The molecule has 1 aromatic carbocycles. The van der Waals surface area contributed by atoms with E-state index in [0.717, 1.165) is 5.56 Å². The molecule has 142 valence electrons. The van der Waals surface area contributed by atoms with Crippen LogP contribution < -0.4 is 5.32 Å². The minimum atomic E-state index is -4.77. The highest BCUT2D eigenvalue weighted by atomic mass is 19.4. The molecule has 8 nitrogen and oxygen atoms in total. The van der Waals surface area contributed by atoms with E-state index >= 15 is 0 Å². The summed E-state index contributed by atoms with van der Waals surface area (Å²) in [6.07, 6.45) is -4.62. The van der Waals surface area contributed by atoms with Gasteiger partial charge in [0.2, 0.25) is 11.8 Å². The van der Waals surface area contributed by atoms with E-state index in [0.29, 0.717) is 5.69 Å². The van der Waals surface area contributed by atoms with Crippen molar-refractivity contribution in [2.45, 2.75) is 19.4 Å². The molecule has 0 saturated heterocycles. The van der Waals surface area contributed by atoms with Crippen LogP contribution in [0.2, 0.25) is 0 Å². The van der Waals surface area contributed by atoms with Gasteiger partial charge in [0, 0.05) is 18.5 Å². The van der Waals surface area contributed by atoms with Crippen molar-refractivity contribution in [3.8, 4) is 11.3 Å². The number of aromatic nitrogens is 4. The predicted octanol–water partition coefficient (Wildman–Crippen LogP) is 2.47. The molecule has 27 heavy (non-hydrogen) atoms. The van der Waals surface area contributed by atoms with Crippen molar-refractivity contribution in [2.24, 2.45) is 0 Å². The van der Waals surface area contributed by atoms with Crippen LogP contribution in [-0.4, -0.2) is 39.2 Å². The summed E-state index contributed by atoms with van der Waals surface area (Å²) in [5.41, 5.74) is 1.78. The van der Waals surface area contributed by atoms with E-state index in [2.05, 4.69) is 30.4 Å². The van der Waals surface area contributed by atoms with Crippen LogP contribution in [0.3, 0.4) is 0 Å². The van der Waals surface area contributed by atoms with Crippen molar-refractivity contribution in [1.82, 2.24) is 25.7 Å². The van der Waals surface area contributed by atoms with Gasteiger partial charge in [-0.15, -0.1) is 23.4 Å². The Hall–Kier alpha value is -3.21. The third-order valence-electron chi connectivity index (χ3n) is 3.38. The summed E-state index contributed by atoms with van der Waals surface area (Å²) >= 11 is 0. The van der Waals surface area contributed by atoms with Crippen LogP contribution in [0.25, 0.3) is 11.3 Å². The molecule has 0 aliphatic carbocycles. The number of hydrogen-bond acceptors (Lipinski definition) is 6. The molecule has 2 N–H and O–H groups in total. The van der Waals surface area contributed by atoms with Crippen LogP contribution in [0.5, 0.6) is 0 Å². The van der Waals surface area contributed by atoms with Crippen LogP contribution in [0.4, 0.5) is 13.2 Å². The van der Waals surface area contributed by atoms with Crippen LogP contribution >= 0.6 is 0 Å². The summed E-state index contributed by atoms with van der Waals surface area (Å²) in [6.45, 7) is -0.709. The summed E-state index contributed by atoms with van der Waals surface area (Å²) in [5.74, 6) is -0.592. The second-order valence-electron chi connectivity index (χ2n) is 5.36. The monoisotopic (exact) mass is 381 g/mol. The lowest BCUT2D eigenvalue weighted by Crippen LogP contribution is -2.26. The van der Waals surface area contributed by atoms with E-state index in [9.17, 15) is 18.0 Å². The number of nitrogens with one attached hydrogen (secondary N) is 2. The fraction of sp³-hybridized carbons (Fsp3) is 0.250. The highest BCUT2D eigenvalue weighted by Gasteiger charge is 2.30. The van der Waals surface area contributed by atoms with Crippen molar-refractivity contribution in [1.29, 1.82) is 0 Å². The Morgan fingerprint density at radius 1 is 1.19 bits per heavy atom. The molecule has 3 rings (SSSR count). The maximum Gasteiger partial charge on any atom is 0.523 e. The first-order valence-corrected chi connectivity index (χ1v) is 7.82. The lowest BCUT2D eigenvalue weighted by atomic mass is 10.1. The van der Waals surface area contributed by atoms with Gasteiger partial charge in [0.1, 0.15) is 12.3 Å². The Morgan fingerprint density at radius 2 is 1.93 bits per heavy atom. The van der Waals surface area contributed by atoms with E-state index < -0.39 is 13.0 Å². The first-order valence-electron chi connectivity index (χ1n) is 7.82. The molecular formula is C16H14F3N5O3. The zero-order chi connectivity index (χ0) is 19.3. The molecule has 2 heterocycles. The molecule has 11 heteroatoms. The quantitative estimate of drug-likeness (QED) is 0.651. The summed E-state index contributed by atoms with van der Waals surface area (Å²) in [6, 6.07) is 11.0. The topological polar surface area (TPSA) is 106 Å². The van der Waals surface area contributed by atoms with Gasteiger partial charge in [0.25, 0.3) is 5.91 Å². The van der Waals surface area contributed by atoms with E-state index in [1.807, 2.05) is 30.3 Å². The predicted molar refractivity (Wildman–Crippen MR) is 85.2 cm³/mol. The number of amides is 1. The summed E-state index contributed by atoms with van der Waals surface area (Å²) in [4.78, 5) is 12.1. The molecular weight excluding hydrogens is 367 g/mol. The Balaban J connectivity index is 1.47. The minimum Gasteiger partial charge on any atom is -0.423 e. The van der Waals surface area contributed by atoms with Gasteiger partial charge in [0.05, 0.1) is 5.69 Å². The van der Waals surface area contributed by atoms with E-state index in [4.69, 9.17) is 4.42 Å². The molecule has 0 spiro atoms. The van der Waals surface area contributed by atoms with E-state index in [-0.39, 0.29) is 36.3 Å². The summed E-state index contributed by atoms with van der Waals surface area (Å²) < 4.78 is 44.4. The number of ether oxygens (including phenoxy) is 1. The largest absolute Gasteiger partial charge is 0.523 e. The number of benzene rings is 1. The van der Waals surface area contributed by atoms with Crippen molar-refractivity contribution in [3.63, 3.8) is 0 Å². The zero-order valence-corrected chi connectivity index (χ0v) is 13.8. The van der Waals surface area contributed by atoms with E-state index in [1.165, 1.54) is 0 Å². The molecule has 0 fully saturated rings. The normalized spacial score (nSPS) is 11.5. The minimum absolute atomic E-state index is 0.0886. The van der Waals surface area contributed by atoms with Crippen LogP contribution in [0, 0.1) is 0 Å². The molecule has 0 aliphatic rings. The van der Waals surface area contributed by atoms with Gasteiger partial charge in [-0.2, -0.15) is 5.10 Å². The number of aromatic amines is 1. The van der Waals surface area contributed by atoms with Crippen molar-refractivity contribution in [2.75, 3.05) is 6.54 Å². The highest BCUT2D eigenvalue weighted by Crippen LogP contribution is 2.18. The summed E-state index contributed by atoms with van der Waals surface area (Å²) in [5, 5.41) is 16.4. The standard InChI is InChI=1S/C16H14F3N5O3/c17-16(18,19)26-9-14-24-23-13(27-14)6-7-20-15(25)12-8-11(21-22-12)10-4-2-1-3-5-10/h1-5,8H,6-7,9H2,(H,20,25)(H,21,22). The molecule has 0 unspecified atom stereocenters. The Morgan fingerprint density at radius 3 is 2.67 bits per heavy atom. The fourth-order valence-electron chi connectivity index (χ4n) is 2.16. The van der Waals surface area contributed by atoms with Crippen molar-refractivity contribution >= 4 is 5.91 Å². The van der Waals surface area contributed by atoms with Crippen LogP contribution in [-0.2, 0) is 17.8 Å². The maximum absolute atomic E-state index is 12.1. The second-order valence-corrected chi connectivity index (χ2v) is 5.36. The third-order valence-corrected chi connectivity index (χ3v) is 3.38. The van der Waals surface area contributed by atoms with Crippen molar-refractivity contribution in [3.05, 3.63) is 53.9 Å². The number of carbonyl (C=O) groups excluding carboxylic acids is 1. The lowest BCUT2D eigenvalue weighted by Gasteiger charge is -2.03. The van der Waals surface area contributed by atoms with Gasteiger partial charge >= 0.3 is 6.36 Å². The van der Waals surface area contributed by atoms with Gasteiger partial charge < -0.3 is 9.73 Å². The van der Waals surface area contributed by atoms with Gasteiger partial charge in [-0.3, -0.25) is 14.6 Å². The molecule has 0 radical (unpaired) electrons. The molecule has 0 aliphatic heterocycles. The van der Waals surface area contributed by atoms with Gasteiger partial charge in [-0.05, 0) is 6.07 Å². The Labute approximate surface area is 150 Å². The van der Waals surface area contributed by atoms with Crippen LogP contribution in [0.15, 0.2) is 40.8 Å². The number of hydrogen-bond donors (Lipinski definition) is 2. The number of rotatable bonds is 7. The average Bonchev–Trinajstić information content (AvgIpc) is 3.30. The number of alkyl halides is 3. The van der Waals surface area contributed by atoms with Gasteiger partial charge in [-0.1, -0.05) is 30.3 Å². The molecule has 0 atom stereocenters. The van der Waals surface area contributed by atoms with Gasteiger partial charge in [0.15, 0.2) is 0 Å². The molecule has 0 bridgehead atoms. The van der Waals surface area contributed by atoms with E-state index in [1.54, 1.807) is 6.07 Å². The third kappa shape index (κ3) is 5.38. The molecule has 0 saturated carbocycles. The molecule has 1 amide bonds. The SMILES string of the molecule is O=C(NCCc1nnc(COC(F)(F)F)o1)c1cc(-c2ccccc2)n[nH]1. The Bertz CT molecular complexity index is 892. The number of H-pyrrole nitrogens is 1. The van der Waals surface area contributed by atoms with Gasteiger partial charge in [-0.25, -0.2) is 0 Å². The number of nitrogens with zero attached hydrogens (tertiary/aromatic N) is 3.